The maximum atomic E-state index is 13.6. The highest BCUT2D eigenvalue weighted by atomic mass is 32.1. The second-order valence-electron chi connectivity index (χ2n) is 8.34. The number of aliphatic hydroxyl groups excluding tert-OH is 4. The first-order valence-corrected chi connectivity index (χ1v) is 11.4. The average molecular weight is 459 g/mol. The van der Waals surface area contributed by atoms with Gasteiger partial charge in [-0.3, -0.25) is 0 Å². The molecule has 1 aliphatic rings. The number of ether oxygens (including phenoxy) is 1. The molecular weight excluding hydrogens is 431 g/mol. The van der Waals surface area contributed by atoms with Crippen molar-refractivity contribution in [1.29, 1.82) is 0 Å². The van der Waals surface area contributed by atoms with Gasteiger partial charge in [-0.25, -0.2) is 4.39 Å². The second-order valence-corrected chi connectivity index (χ2v) is 9.51. The zero-order chi connectivity index (χ0) is 23.0. The molecule has 4 N–H and O–H groups in total. The Morgan fingerprint density at radius 1 is 0.906 bits per heavy atom. The molecule has 5 nitrogen and oxygen atoms in total. The van der Waals surface area contributed by atoms with Gasteiger partial charge in [-0.05, 0) is 65.9 Å². The zero-order valence-corrected chi connectivity index (χ0v) is 18.7. The fourth-order valence-electron chi connectivity index (χ4n) is 4.05. The van der Waals surface area contributed by atoms with E-state index in [1.165, 1.54) is 6.07 Å². The fourth-order valence-corrected chi connectivity index (χ4v) is 5.08. The summed E-state index contributed by atoms with van der Waals surface area (Å²) < 4.78 is 19.3. The average Bonchev–Trinajstić information content (AvgIpc) is 3.24. The Bertz CT molecular complexity index is 1100. The summed E-state index contributed by atoms with van der Waals surface area (Å²) in [4.78, 5) is 2.20. The summed E-state index contributed by atoms with van der Waals surface area (Å²) in [7, 11) is 0. The van der Waals surface area contributed by atoms with Crippen LogP contribution in [0.3, 0.4) is 0 Å². The van der Waals surface area contributed by atoms with Crippen molar-refractivity contribution in [3.8, 4) is 10.4 Å². The second kappa shape index (κ2) is 9.39. The Hall–Kier alpha value is -2.13. The molecule has 32 heavy (non-hydrogen) atoms. The number of benzene rings is 2. The van der Waals surface area contributed by atoms with Gasteiger partial charge in [0.05, 0.1) is 6.61 Å². The lowest BCUT2D eigenvalue weighted by Crippen LogP contribution is -2.55. The number of hydrogen-bond acceptors (Lipinski definition) is 6. The van der Waals surface area contributed by atoms with E-state index in [0.717, 1.165) is 26.4 Å². The zero-order valence-electron chi connectivity index (χ0n) is 17.9. The highest BCUT2D eigenvalue weighted by molar-refractivity contribution is 7.15. The normalized spacial score (nSPS) is 25.8. The summed E-state index contributed by atoms with van der Waals surface area (Å²) >= 11 is 1.64. The van der Waals surface area contributed by atoms with Crippen molar-refractivity contribution in [3.63, 3.8) is 0 Å². The molecule has 170 valence electrons. The van der Waals surface area contributed by atoms with Crippen LogP contribution in [0.1, 0.15) is 33.2 Å². The lowest BCUT2D eigenvalue weighted by molar-refractivity contribution is -0.231. The molecule has 0 bridgehead atoms. The van der Waals surface area contributed by atoms with E-state index in [9.17, 15) is 24.8 Å². The summed E-state index contributed by atoms with van der Waals surface area (Å²) in [6, 6.07) is 14.9. The Morgan fingerprint density at radius 2 is 1.69 bits per heavy atom. The minimum atomic E-state index is -1.41. The summed E-state index contributed by atoms with van der Waals surface area (Å²) in [6.45, 7) is 3.30. The molecule has 2 heterocycles. The number of halogens is 1. The van der Waals surface area contributed by atoms with Crippen LogP contribution in [-0.4, -0.2) is 51.4 Å². The van der Waals surface area contributed by atoms with Gasteiger partial charge in [-0.2, -0.15) is 0 Å². The molecule has 3 aromatic rings. The van der Waals surface area contributed by atoms with E-state index in [1.54, 1.807) is 24.3 Å². The lowest BCUT2D eigenvalue weighted by Gasteiger charge is -2.40. The summed E-state index contributed by atoms with van der Waals surface area (Å²) in [5.41, 5.74) is 4.38. The van der Waals surface area contributed by atoms with E-state index in [2.05, 4.69) is 6.07 Å². The third kappa shape index (κ3) is 4.50. The van der Waals surface area contributed by atoms with Gasteiger partial charge in [0.15, 0.2) is 0 Å². The van der Waals surface area contributed by atoms with Crippen molar-refractivity contribution in [1.82, 2.24) is 0 Å². The van der Waals surface area contributed by atoms with Crippen LogP contribution in [0.2, 0.25) is 0 Å². The molecular formula is C25H27FO5S. The first-order chi connectivity index (χ1) is 15.3. The highest BCUT2D eigenvalue weighted by Gasteiger charge is 2.43. The number of rotatable bonds is 5. The van der Waals surface area contributed by atoms with Crippen LogP contribution in [-0.2, 0) is 11.2 Å². The van der Waals surface area contributed by atoms with Gasteiger partial charge in [-0.15, -0.1) is 11.3 Å². The number of aliphatic hydroxyl groups is 4. The van der Waals surface area contributed by atoms with E-state index in [1.807, 2.05) is 37.3 Å². The number of hydrogen-bond donors (Lipinski definition) is 4. The molecule has 5 atom stereocenters. The van der Waals surface area contributed by atoms with Crippen molar-refractivity contribution in [2.45, 2.75) is 50.8 Å². The van der Waals surface area contributed by atoms with Crippen molar-refractivity contribution in [3.05, 3.63) is 81.5 Å². The molecule has 1 aliphatic heterocycles. The van der Waals surface area contributed by atoms with Gasteiger partial charge in [0.2, 0.25) is 0 Å². The SMILES string of the molecule is Cc1cc(-c2ccc(Cc3cc([C@@H]4O[C@H](CO)[C@@H](O)[C@H](O)[C@H]4O)ccc3C)s2)ccc1F. The number of aryl methyl sites for hydroxylation is 2. The Kier molecular flexibility index (Phi) is 6.76. The Labute approximate surface area is 190 Å². The van der Waals surface area contributed by atoms with Crippen LogP contribution in [0.25, 0.3) is 10.4 Å². The number of thiophene rings is 1. The third-order valence-electron chi connectivity index (χ3n) is 6.06. The molecule has 0 amide bonds. The molecule has 0 spiro atoms. The third-order valence-corrected chi connectivity index (χ3v) is 7.20. The van der Waals surface area contributed by atoms with E-state index >= 15 is 0 Å². The van der Waals surface area contributed by atoms with Gasteiger partial charge in [0.25, 0.3) is 0 Å². The minimum absolute atomic E-state index is 0.217. The van der Waals surface area contributed by atoms with Gasteiger partial charge in [0, 0.05) is 16.2 Å². The maximum Gasteiger partial charge on any atom is 0.126 e. The monoisotopic (exact) mass is 458 g/mol. The van der Waals surface area contributed by atoms with E-state index < -0.39 is 37.1 Å². The fraction of sp³-hybridized carbons (Fsp3) is 0.360. The predicted octanol–water partition coefficient (Wildman–Crippen LogP) is 3.28. The molecule has 7 heteroatoms. The highest BCUT2D eigenvalue weighted by Crippen LogP contribution is 2.35. The molecule has 1 fully saturated rings. The lowest BCUT2D eigenvalue weighted by atomic mass is 9.89. The molecule has 1 aromatic heterocycles. The van der Waals surface area contributed by atoms with Crippen LogP contribution in [0, 0.1) is 19.7 Å². The van der Waals surface area contributed by atoms with Crippen molar-refractivity contribution >= 4 is 11.3 Å². The quantitative estimate of drug-likeness (QED) is 0.471. The van der Waals surface area contributed by atoms with Crippen molar-refractivity contribution in [2.75, 3.05) is 6.61 Å². The smallest absolute Gasteiger partial charge is 0.126 e. The maximum absolute atomic E-state index is 13.6. The van der Waals surface area contributed by atoms with Crippen LogP contribution in [0.5, 0.6) is 0 Å². The molecule has 0 radical (unpaired) electrons. The summed E-state index contributed by atoms with van der Waals surface area (Å²) in [5, 5.41) is 40.1. The Balaban J connectivity index is 1.57. The molecule has 2 aromatic carbocycles. The van der Waals surface area contributed by atoms with Crippen LogP contribution in [0.4, 0.5) is 4.39 Å². The van der Waals surface area contributed by atoms with Gasteiger partial charge in [-0.1, -0.05) is 24.3 Å². The Morgan fingerprint density at radius 3 is 2.41 bits per heavy atom. The summed E-state index contributed by atoms with van der Waals surface area (Å²) in [5.74, 6) is -0.217. The van der Waals surface area contributed by atoms with Crippen LogP contribution < -0.4 is 0 Å². The van der Waals surface area contributed by atoms with E-state index in [4.69, 9.17) is 4.74 Å². The van der Waals surface area contributed by atoms with Gasteiger partial charge in [0.1, 0.15) is 36.3 Å². The molecule has 0 aliphatic carbocycles. The van der Waals surface area contributed by atoms with Crippen molar-refractivity contribution < 1.29 is 29.6 Å². The first kappa shape index (κ1) is 23.0. The van der Waals surface area contributed by atoms with Crippen molar-refractivity contribution in [2.24, 2.45) is 0 Å². The van der Waals surface area contributed by atoms with E-state index in [-0.39, 0.29) is 5.82 Å². The van der Waals surface area contributed by atoms with Crippen LogP contribution in [0.15, 0.2) is 48.5 Å². The minimum Gasteiger partial charge on any atom is -0.394 e. The topological polar surface area (TPSA) is 90.2 Å². The standard InChI is InChI=1S/C25H27FO5S/c1-13-3-4-16(25-24(30)23(29)22(28)20(12-27)31-25)10-17(13)11-18-6-8-21(32-18)15-5-7-19(26)14(2)9-15/h3-10,20,22-25,27-30H,11-12H2,1-2H3/t20-,22-,23+,24-,25+/m1/s1. The molecule has 4 rings (SSSR count). The van der Waals surface area contributed by atoms with Crippen LogP contribution >= 0.6 is 11.3 Å². The molecule has 1 saturated heterocycles. The first-order valence-electron chi connectivity index (χ1n) is 10.5. The molecule has 0 saturated carbocycles. The largest absolute Gasteiger partial charge is 0.394 e. The molecule has 0 unspecified atom stereocenters. The van der Waals surface area contributed by atoms with Gasteiger partial charge >= 0.3 is 0 Å². The van der Waals surface area contributed by atoms with E-state index in [0.29, 0.717) is 17.5 Å². The van der Waals surface area contributed by atoms with Gasteiger partial charge < -0.3 is 25.2 Å². The predicted molar refractivity (Wildman–Crippen MR) is 121 cm³/mol. The summed E-state index contributed by atoms with van der Waals surface area (Å²) in [6.07, 6.45) is -5.22.